The third-order valence-corrected chi connectivity index (χ3v) is 5.21. The molecule has 0 bridgehead atoms. The van der Waals surface area contributed by atoms with Crippen molar-refractivity contribution in [3.05, 3.63) is 83.4 Å². The SMILES string of the molecule is C/C(=C\C(Cc1ccccc1)C(O)[C@@H](O)[C@@H](O)[C@H](O)[C@@H](O)CO)Cc1ccccc1. The first-order valence-electron chi connectivity index (χ1n) is 10.1. The summed E-state index contributed by atoms with van der Waals surface area (Å²) in [7, 11) is 0. The maximum absolute atomic E-state index is 10.8. The van der Waals surface area contributed by atoms with Gasteiger partial charge >= 0.3 is 0 Å². The van der Waals surface area contributed by atoms with E-state index in [1.165, 1.54) is 0 Å². The highest BCUT2D eigenvalue weighted by Gasteiger charge is 2.36. The third-order valence-electron chi connectivity index (χ3n) is 5.21. The van der Waals surface area contributed by atoms with Crippen molar-refractivity contribution in [2.75, 3.05) is 6.61 Å². The highest BCUT2D eigenvalue weighted by molar-refractivity contribution is 5.23. The molecule has 0 aromatic heterocycles. The first-order valence-corrected chi connectivity index (χ1v) is 10.1. The number of rotatable bonds is 11. The van der Waals surface area contributed by atoms with Crippen LogP contribution in [-0.2, 0) is 12.8 Å². The van der Waals surface area contributed by atoms with Gasteiger partial charge in [-0.05, 0) is 30.9 Å². The van der Waals surface area contributed by atoms with Crippen molar-refractivity contribution in [3.8, 4) is 0 Å². The van der Waals surface area contributed by atoms with Crippen molar-refractivity contribution in [2.24, 2.45) is 5.92 Å². The minimum absolute atomic E-state index is 0.413. The second-order valence-electron chi connectivity index (χ2n) is 7.74. The molecule has 2 unspecified atom stereocenters. The maximum Gasteiger partial charge on any atom is 0.111 e. The summed E-state index contributed by atoms with van der Waals surface area (Å²) in [5, 5.41) is 59.9. The quantitative estimate of drug-likeness (QED) is 0.302. The molecule has 6 N–H and O–H groups in total. The third kappa shape index (κ3) is 7.02. The average molecular weight is 417 g/mol. The first-order chi connectivity index (χ1) is 14.3. The highest BCUT2D eigenvalue weighted by atomic mass is 16.4. The van der Waals surface area contributed by atoms with Crippen molar-refractivity contribution in [1.29, 1.82) is 0 Å². The fourth-order valence-electron chi connectivity index (χ4n) is 3.50. The summed E-state index contributed by atoms with van der Waals surface area (Å²) in [6.45, 7) is 1.16. The molecule has 164 valence electrons. The van der Waals surface area contributed by atoms with Gasteiger partial charge in [0, 0.05) is 5.92 Å². The molecular weight excluding hydrogens is 384 g/mol. The molecule has 6 nitrogen and oxygen atoms in total. The summed E-state index contributed by atoms with van der Waals surface area (Å²) in [5.74, 6) is -0.542. The van der Waals surface area contributed by atoms with Crippen molar-refractivity contribution in [1.82, 2.24) is 0 Å². The van der Waals surface area contributed by atoms with Crippen LogP contribution in [0.25, 0.3) is 0 Å². The first kappa shape index (κ1) is 24.2. The summed E-state index contributed by atoms with van der Waals surface area (Å²) in [4.78, 5) is 0. The molecule has 0 heterocycles. The van der Waals surface area contributed by atoms with Crippen LogP contribution in [0.3, 0.4) is 0 Å². The Labute approximate surface area is 177 Å². The lowest BCUT2D eigenvalue weighted by atomic mass is 9.85. The Hall–Kier alpha value is -2.06. The molecule has 0 fully saturated rings. The van der Waals surface area contributed by atoms with Crippen molar-refractivity contribution in [3.63, 3.8) is 0 Å². The lowest BCUT2D eigenvalue weighted by Gasteiger charge is -2.32. The lowest BCUT2D eigenvalue weighted by molar-refractivity contribution is -0.145. The second-order valence-corrected chi connectivity index (χ2v) is 7.74. The number of aliphatic hydroxyl groups excluding tert-OH is 6. The topological polar surface area (TPSA) is 121 Å². The van der Waals surface area contributed by atoms with E-state index in [0.29, 0.717) is 12.8 Å². The van der Waals surface area contributed by atoms with Crippen molar-refractivity contribution < 1.29 is 30.6 Å². The van der Waals surface area contributed by atoms with Crippen LogP contribution < -0.4 is 0 Å². The van der Waals surface area contributed by atoms with E-state index in [0.717, 1.165) is 16.7 Å². The molecule has 2 rings (SSSR count). The van der Waals surface area contributed by atoms with E-state index in [1.807, 2.05) is 73.7 Å². The summed E-state index contributed by atoms with van der Waals surface area (Å²) < 4.78 is 0. The Balaban J connectivity index is 2.22. The van der Waals surface area contributed by atoms with E-state index in [2.05, 4.69) is 0 Å². The minimum atomic E-state index is -1.82. The molecule has 6 heteroatoms. The van der Waals surface area contributed by atoms with Crippen LogP contribution in [0.1, 0.15) is 18.1 Å². The van der Waals surface area contributed by atoms with Gasteiger partial charge in [-0.15, -0.1) is 0 Å². The highest BCUT2D eigenvalue weighted by Crippen LogP contribution is 2.22. The molecule has 0 amide bonds. The second kappa shape index (κ2) is 12.0. The molecule has 2 aromatic rings. The molecule has 0 saturated carbocycles. The Bertz CT molecular complexity index is 764. The van der Waals surface area contributed by atoms with E-state index in [4.69, 9.17) is 5.11 Å². The predicted octanol–water partition coefficient (Wildman–Crippen LogP) is 0.831. The van der Waals surface area contributed by atoms with Gasteiger partial charge in [-0.1, -0.05) is 72.3 Å². The normalized spacial score (nSPS) is 18.3. The summed E-state index contributed by atoms with van der Waals surface area (Å²) in [5.41, 5.74) is 3.04. The Morgan fingerprint density at radius 1 is 0.733 bits per heavy atom. The van der Waals surface area contributed by atoms with Crippen LogP contribution >= 0.6 is 0 Å². The van der Waals surface area contributed by atoms with Crippen molar-refractivity contribution >= 4 is 0 Å². The zero-order valence-corrected chi connectivity index (χ0v) is 17.1. The maximum atomic E-state index is 10.8. The van der Waals surface area contributed by atoms with E-state index in [9.17, 15) is 25.5 Å². The van der Waals surface area contributed by atoms with E-state index in [-0.39, 0.29) is 0 Å². The van der Waals surface area contributed by atoms with Gasteiger partial charge in [0.25, 0.3) is 0 Å². The van der Waals surface area contributed by atoms with Gasteiger partial charge in [-0.2, -0.15) is 0 Å². The lowest BCUT2D eigenvalue weighted by Crippen LogP contribution is -2.51. The smallest absolute Gasteiger partial charge is 0.111 e. The van der Waals surface area contributed by atoms with E-state index < -0.39 is 43.0 Å². The van der Waals surface area contributed by atoms with Crippen LogP contribution in [0.4, 0.5) is 0 Å². The molecule has 0 spiro atoms. The van der Waals surface area contributed by atoms with Gasteiger partial charge in [0.15, 0.2) is 0 Å². The molecule has 0 saturated heterocycles. The number of hydrogen-bond acceptors (Lipinski definition) is 6. The zero-order valence-electron chi connectivity index (χ0n) is 17.1. The van der Waals surface area contributed by atoms with Crippen LogP contribution in [0.15, 0.2) is 72.3 Å². The molecule has 0 aliphatic carbocycles. The fourth-order valence-corrected chi connectivity index (χ4v) is 3.50. The molecule has 0 radical (unpaired) electrons. The molecular formula is C24H32O6. The molecule has 30 heavy (non-hydrogen) atoms. The van der Waals surface area contributed by atoms with Gasteiger partial charge in [-0.25, -0.2) is 0 Å². The van der Waals surface area contributed by atoms with E-state index >= 15 is 0 Å². The minimum Gasteiger partial charge on any atom is -0.394 e. The number of allylic oxidation sites excluding steroid dienone is 1. The summed E-state index contributed by atoms with van der Waals surface area (Å²) in [6, 6.07) is 19.3. The van der Waals surface area contributed by atoms with Gasteiger partial charge < -0.3 is 30.6 Å². The summed E-state index contributed by atoms with van der Waals surface area (Å²) in [6.07, 6.45) is -5.38. The monoisotopic (exact) mass is 416 g/mol. The largest absolute Gasteiger partial charge is 0.394 e. The number of hydrogen-bond donors (Lipinski definition) is 6. The molecule has 6 atom stereocenters. The van der Waals surface area contributed by atoms with E-state index in [1.54, 1.807) is 0 Å². The van der Waals surface area contributed by atoms with Crippen molar-refractivity contribution in [2.45, 2.75) is 50.3 Å². The molecule has 2 aromatic carbocycles. The Kier molecular flexibility index (Phi) is 9.65. The number of aliphatic hydroxyl groups is 6. The van der Waals surface area contributed by atoms with Crippen LogP contribution in [-0.4, -0.2) is 67.8 Å². The molecule has 0 aliphatic rings. The Morgan fingerprint density at radius 2 is 1.23 bits per heavy atom. The van der Waals surface area contributed by atoms with Gasteiger partial charge in [0.05, 0.1) is 12.7 Å². The van der Waals surface area contributed by atoms with Crippen LogP contribution in [0.5, 0.6) is 0 Å². The Morgan fingerprint density at radius 3 is 1.77 bits per heavy atom. The zero-order chi connectivity index (χ0) is 22.1. The summed E-state index contributed by atoms with van der Waals surface area (Å²) >= 11 is 0. The van der Waals surface area contributed by atoms with Gasteiger partial charge in [-0.3, -0.25) is 0 Å². The average Bonchev–Trinajstić information content (AvgIpc) is 2.77. The van der Waals surface area contributed by atoms with Gasteiger partial charge in [0.1, 0.15) is 24.4 Å². The molecule has 0 aliphatic heterocycles. The fraction of sp³-hybridized carbons (Fsp3) is 0.417. The number of benzene rings is 2. The predicted molar refractivity (Wildman–Crippen MR) is 115 cm³/mol. The van der Waals surface area contributed by atoms with Crippen LogP contribution in [0, 0.1) is 5.92 Å². The van der Waals surface area contributed by atoms with Gasteiger partial charge in [0.2, 0.25) is 0 Å². The van der Waals surface area contributed by atoms with Crippen LogP contribution in [0.2, 0.25) is 0 Å². The standard InChI is InChI=1S/C24H32O6/c1-16(12-17-8-4-2-5-9-17)13-19(14-18-10-6-3-7-11-18)21(27)23(29)24(30)22(28)20(26)15-25/h2-11,13,19-30H,12,14-15H2,1H3/b16-13+/t19?,20-,21?,22+,23+,24-/m0/s1.